The standard InChI is InChI=1S/C25H30FN3O6S/c1-25(2,3)35-24(31)27-13-17-9-10-18-12-20(34-15-16-7-5-4-6-8-16)23(22(26)19(18)11-17)29-14-21(30)28-36(29,32)33/h4-8,12,17H,9-11,13-15H2,1-3H3,(H,27,31)(H,28,30)/t17-/m1/s1. The highest BCUT2D eigenvalue weighted by atomic mass is 32.2. The van der Waals surface area contributed by atoms with Gasteiger partial charge in [-0.05, 0) is 68.7 Å². The van der Waals surface area contributed by atoms with Gasteiger partial charge in [0.1, 0.15) is 30.2 Å². The van der Waals surface area contributed by atoms with Crippen LogP contribution in [0.25, 0.3) is 0 Å². The van der Waals surface area contributed by atoms with Crippen molar-refractivity contribution in [2.75, 3.05) is 17.4 Å². The second kappa shape index (κ2) is 9.96. The summed E-state index contributed by atoms with van der Waals surface area (Å²) < 4.78 is 55.0. The Balaban J connectivity index is 1.61. The Labute approximate surface area is 210 Å². The first kappa shape index (κ1) is 25.7. The zero-order valence-electron chi connectivity index (χ0n) is 20.5. The fourth-order valence-electron chi connectivity index (χ4n) is 4.34. The van der Waals surface area contributed by atoms with Crippen LogP contribution in [0.3, 0.4) is 0 Å². The maximum absolute atomic E-state index is 16.0. The van der Waals surface area contributed by atoms with Gasteiger partial charge in [0, 0.05) is 6.54 Å². The molecule has 0 saturated carbocycles. The molecule has 194 valence electrons. The lowest BCUT2D eigenvalue weighted by Crippen LogP contribution is -2.37. The minimum Gasteiger partial charge on any atom is -0.487 e. The molecule has 2 aromatic rings. The zero-order chi connectivity index (χ0) is 26.1. The third-order valence-corrected chi connectivity index (χ3v) is 7.33. The molecule has 9 nitrogen and oxygen atoms in total. The van der Waals surface area contributed by atoms with Crippen molar-refractivity contribution in [1.82, 2.24) is 10.0 Å². The Bertz CT molecular complexity index is 1260. The van der Waals surface area contributed by atoms with Crippen molar-refractivity contribution in [3.05, 3.63) is 58.9 Å². The van der Waals surface area contributed by atoms with E-state index in [2.05, 4.69) is 5.32 Å². The van der Waals surface area contributed by atoms with Crippen LogP contribution in [0, 0.1) is 11.7 Å². The van der Waals surface area contributed by atoms with E-state index in [9.17, 15) is 18.0 Å². The Morgan fingerprint density at radius 3 is 2.61 bits per heavy atom. The molecule has 0 aromatic heterocycles. The molecule has 2 N–H and O–H groups in total. The lowest BCUT2D eigenvalue weighted by Gasteiger charge is -2.29. The summed E-state index contributed by atoms with van der Waals surface area (Å²) in [7, 11) is -4.26. The minimum absolute atomic E-state index is 0.0560. The van der Waals surface area contributed by atoms with E-state index < -0.39 is 40.2 Å². The quantitative estimate of drug-likeness (QED) is 0.606. The van der Waals surface area contributed by atoms with Gasteiger partial charge in [-0.25, -0.2) is 18.2 Å². The molecule has 0 unspecified atom stereocenters. The van der Waals surface area contributed by atoms with Crippen LogP contribution in [0.2, 0.25) is 0 Å². The van der Waals surface area contributed by atoms with E-state index in [0.717, 1.165) is 5.56 Å². The summed E-state index contributed by atoms with van der Waals surface area (Å²) in [5.74, 6) is -1.50. The van der Waals surface area contributed by atoms with E-state index in [1.54, 1.807) is 26.8 Å². The monoisotopic (exact) mass is 519 g/mol. The zero-order valence-corrected chi connectivity index (χ0v) is 21.3. The Morgan fingerprint density at radius 1 is 1.25 bits per heavy atom. The molecule has 36 heavy (non-hydrogen) atoms. The van der Waals surface area contributed by atoms with Gasteiger partial charge in [-0.15, -0.1) is 0 Å². The fourth-order valence-corrected chi connectivity index (χ4v) is 5.50. The van der Waals surface area contributed by atoms with Crippen LogP contribution in [0.5, 0.6) is 5.75 Å². The summed E-state index contributed by atoms with van der Waals surface area (Å²) in [6.07, 6.45) is 0.963. The van der Waals surface area contributed by atoms with Gasteiger partial charge in [-0.3, -0.25) is 4.79 Å². The van der Waals surface area contributed by atoms with Crippen molar-refractivity contribution < 1.29 is 31.9 Å². The number of hydrogen-bond donors (Lipinski definition) is 2. The second-order valence-corrected chi connectivity index (χ2v) is 11.6. The number of rotatable bonds is 6. The molecule has 0 spiro atoms. The summed E-state index contributed by atoms with van der Waals surface area (Å²) >= 11 is 0. The number of carbonyl (C=O) groups excluding carboxylic acids is 2. The van der Waals surface area contributed by atoms with Crippen molar-refractivity contribution in [2.24, 2.45) is 5.92 Å². The second-order valence-electron chi connectivity index (χ2n) is 9.98. The first-order chi connectivity index (χ1) is 16.9. The maximum atomic E-state index is 16.0. The van der Waals surface area contributed by atoms with Crippen molar-refractivity contribution in [3.63, 3.8) is 0 Å². The number of hydrogen-bond acceptors (Lipinski definition) is 6. The third kappa shape index (κ3) is 5.89. The van der Waals surface area contributed by atoms with E-state index in [0.29, 0.717) is 28.3 Å². The Kier molecular flexibility index (Phi) is 7.12. The van der Waals surface area contributed by atoms with Crippen molar-refractivity contribution >= 4 is 27.9 Å². The number of nitrogens with one attached hydrogen (secondary N) is 2. The number of nitrogens with zero attached hydrogens (tertiary/aromatic N) is 1. The molecular formula is C25H30FN3O6S. The van der Waals surface area contributed by atoms with Gasteiger partial charge >= 0.3 is 16.3 Å². The SMILES string of the molecule is CC(C)(C)OC(=O)NC[C@@H]1CCc2cc(OCc3ccccc3)c(N3CC(=O)NS3(=O)=O)c(F)c2C1. The normalized spacial score (nSPS) is 18.8. The number of aryl methyl sites for hydroxylation is 1. The molecule has 0 radical (unpaired) electrons. The molecule has 1 heterocycles. The van der Waals surface area contributed by atoms with Gasteiger partial charge in [0.25, 0.3) is 5.91 Å². The highest BCUT2D eigenvalue weighted by Gasteiger charge is 2.39. The van der Waals surface area contributed by atoms with E-state index in [-0.39, 0.29) is 36.9 Å². The van der Waals surface area contributed by atoms with Crippen molar-refractivity contribution in [2.45, 2.75) is 52.2 Å². The van der Waals surface area contributed by atoms with Crippen LogP contribution >= 0.6 is 0 Å². The van der Waals surface area contributed by atoms with Gasteiger partial charge < -0.3 is 14.8 Å². The van der Waals surface area contributed by atoms with Crippen LogP contribution in [0.1, 0.15) is 43.9 Å². The first-order valence-electron chi connectivity index (χ1n) is 11.7. The molecule has 2 amide bonds. The number of amides is 2. The highest BCUT2D eigenvalue weighted by Crippen LogP contribution is 2.41. The van der Waals surface area contributed by atoms with Gasteiger partial charge in [0.15, 0.2) is 5.82 Å². The molecule has 4 rings (SSSR count). The molecule has 1 saturated heterocycles. The van der Waals surface area contributed by atoms with E-state index >= 15 is 4.39 Å². The summed E-state index contributed by atoms with van der Waals surface area (Å²) in [6.45, 7) is 5.15. The summed E-state index contributed by atoms with van der Waals surface area (Å²) in [5, 5.41) is 2.73. The largest absolute Gasteiger partial charge is 0.487 e. The number of alkyl carbamates (subject to hydrolysis) is 1. The van der Waals surface area contributed by atoms with Crippen LogP contribution in [0.4, 0.5) is 14.9 Å². The molecular weight excluding hydrogens is 489 g/mol. The molecule has 11 heteroatoms. The Morgan fingerprint density at radius 2 is 1.97 bits per heavy atom. The van der Waals surface area contributed by atoms with Crippen LogP contribution in [0.15, 0.2) is 36.4 Å². The molecule has 0 bridgehead atoms. The molecule has 1 fully saturated rings. The van der Waals surface area contributed by atoms with E-state index in [4.69, 9.17) is 9.47 Å². The van der Waals surface area contributed by atoms with Gasteiger partial charge in [0.05, 0.1) is 0 Å². The predicted octanol–water partition coefficient (Wildman–Crippen LogP) is 3.22. The van der Waals surface area contributed by atoms with Crippen LogP contribution in [-0.2, 0) is 39.2 Å². The van der Waals surface area contributed by atoms with Gasteiger partial charge in [-0.1, -0.05) is 30.3 Å². The molecule has 1 aliphatic heterocycles. The molecule has 2 aromatic carbocycles. The number of halogens is 1. The third-order valence-electron chi connectivity index (χ3n) is 5.95. The van der Waals surface area contributed by atoms with Crippen LogP contribution in [-0.4, -0.2) is 39.1 Å². The summed E-state index contributed by atoms with van der Waals surface area (Å²) in [4.78, 5) is 23.9. The first-order valence-corrected chi connectivity index (χ1v) is 13.2. The molecule has 1 atom stereocenters. The summed E-state index contributed by atoms with van der Waals surface area (Å²) in [5.41, 5.74) is 0.974. The Hall–Kier alpha value is -3.34. The average molecular weight is 520 g/mol. The fraction of sp³-hybridized carbons (Fsp3) is 0.440. The number of benzene rings is 2. The average Bonchev–Trinajstić information content (AvgIpc) is 3.07. The minimum atomic E-state index is -4.26. The summed E-state index contributed by atoms with van der Waals surface area (Å²) in [6, 6.07) is 10.9. The topological polar surface area (TPSA) is 114 Å². The predicted molar refractivity (Wildman–Crippen MR) is 131 cm³/mol. The number of ether oxygens (including phenoxy) is 2. The van der Waals surface area contributed by atoms with Crippen molar-refractivity contribution in [3.8, 4) is 5.75 Å². The van der Waals surface area contributed by atoms with Crippen LogP contribution < -0.4 is 19.1 Å². The molecule has 1 aliphatic carbocycles. The molecule has 2 aliphatic rings. The maximum Gasteiger partial charge on any atom is 0.407 e. The number of fused-ring (bicyclic) bond motifs is 1. The van der Waals surface area contributed by atoms with Gasteiger partial charge in [0.2, 0.25) is 0 Å². The highest BCUT2D eigenvalue weighted by molar-refractivity contribution is 7.92. The number of carbonyl (C=O) groups is 2. The van der Waals surface area contributed by atoms with Crippen molar-refractivity contribution in [1.29, 1.82) is 0 Å². The number of anilines is 1. The lowest BCUT2D eigenvalue weighted by atomic mass is 9.83. The lowest BCUT2D eigenvalue weighted by molar-refractivity contribution is -0.117. The van der Waals surface area contributed by atoms with E-state index in [1.807, 2.05) is 35.1 Å². The van der Waals surface area contributed by atoms with Gasteiger partial charge in [-0.2, -0.15) is 8.42 Å². The smallest absolute Gasteiger partial charge is 0.407 e. The van der Waals surface area contributed by atoms with E-state index in [1.165, 1.54) is 0 Å².